The predicted molar refractivity (Wildman–Crippen MR) is 125 cm³/mol. The van der Waals surface area contributed by atoms with Crippen LogP contribution in [-0.4, -0.2) is 42.5 Å². The molecule has 1 aliphatic rings. The number of benzene rings is 2. The minimum atomic E-state index is -0.640. The van der Waals surface area contributed by atoms with Gasteiger partial charge in [0.2, 0.25) is 5.91 Å². The molecule has 2 amide bonds. The molecule has 1 unspecified atom stereocenters. The first-order valence-corrected chi connectivity index (χ1v) is 11.4. The van der Waals surface area contributed by atoms with Gasteiger partial charge in [-0.2, -0.15) is 0 Å². The van der Waals surface area contributed by atoms with Crippen molar-refractivity contribution >= 4 is 23.4 Å². The Balaban J connectivity index is 1.72. The van der Waals surface area contributed by atoms with E-state index in [1.807, 2.05) is 24.3 Å². The van der Waals surface area contributed by atoms with Crippen LogP contribution in [0.15, 0.2) is 48.5 Å². The summed E-state index contributed by atoms with van der Waals surface area (Å²) in [4.78, 5) is 27.7. The second-order valence-corrected chi connectivity index (χ2v) is 8.58. The summed E-state index contributed by atoms with van der Waals surface area (Å²) in [6.07, 6.45) is 5.43. The Kier molecular flexibility index (Phi) is 8.80. The molecule has 6 nitrogen and oxygen atoms in total. The fourth-order valence-electron chi connectivity index (χ4n) is 3.90. The number of rotatable bonds is 9. The van der Waals surface area contributed by atoms with Crippen molar-refractivity contribution in [3.63, 3.8) is 0 Å². The van der Waals surface area contributed by atoms with Crippen LogP contribution >= 0.6 is 11.6 Å². The van der Waals surface area contributed by atoms with Gasteiger partial charge < -0.3 is 19.7 Å². The Labute approximate surface area is 194 Å². The second-order valence-electron chi connectivity index (χ2n) is 8.14. The molecule has 0 spiro atoms. The lowest BCUT2D eigenvalue weighted by molar-refractivity contribution is -0.142. The van der Waals surface area contributed by atoms with E-state index in [-0.39, 0.29) is 31.0 Å². The first-order chi connectivity index (χ1) is 15.5. The number of amides is 2. The fraction of sp³-hybridized carbons (Fsp3) is 0.440. The Hall–Kier alpha value is -2.73. The molecule has 3 rings (SSSR count). The molecule has 0 heterocycles. The van der Waals surface area contributed by atoms with Crippen molar-refractivity contribution in [1.82, 2.24) is 10.2 Å². The Morgan fingerprint density at radius 1 is 1.09 bits per heavy atom. The van der Waals surface area contributed by atoms with E-state index in [0.29, 0.717) is 16.5 Å². The van der Waals surface area contributed by atoms with Crippen LogP contribution in [-0.2, 0) is 16.1 Å². The molecule has 0 saturated heterocycles. The third-order valence-corrected chi connectivity index (χ3v) is 6.00. The van der Waals surface area contributed by atoms with Crippen LogP contribution in [0.2, 0.25) is 5.02 Å². The number of methoxy groups -OCH3 is 1. The van der Waals surface area contributed by atoms with Gasteiger partial charge in [0.25, 0.3) is 5.91 Å². The Morgan fingerprint density at radius 3 is 2.53 bits per heavy atom. The molecule has 1 fully saturated rings. The van der Waals surface area contributed by atoms with Crippen LogP contribution in [0, 0.1) is 0 Å². The summed E-state index contributed by atoms with van der Waals surface area (Å²) in [6.45, 7) is 1.84. The Morgan fingerprint density at radius 2 is 1.81 bits per heavy atom. The number of hydrogen-bond acceptors (Lipinski definition) is 4. The molecule has 32 heavy (non-hydrogen) atoms. The molecule has 1 atom stereocenters. The zero-order valence-electron chi connectivity index (χ0n) is 18.7. The van der Waals surface area contributed by atoms with Crippen LogP contribution in [0.25, 0.3) is 0 Å². The van der Waals surface area contributed by atoms with Crippen molar-refractivity contribution in [3.8, 4) is 11.5 Å². The summed E-state index contributed by atoms with van der Waals surface area (Å²) >= 11 is 6.00. The molecule has 0 aliphatic heterocycles. The summed E-state index contributed by atoms with van der Waals surface area (Å²) in [7, 11) is 1.60. The highest BCUT2D eigenvalue weighted by atomic mass is 35.5. The van der Waals surface area contributed by atoms with Gasteiger partial charge in [0.1, 0.15) is 17.5 Å². The Bertz CT molecular complexity index is 914. The van der Waals surface area contributed by atoms with E-state index in [1.54, 1.807) is 43.2 Å². The maximum absolute atomic E-state index is 13.2. The topological polar surface area (TPSA) is 67.9 Å². The molecule has 0 bridgehead atoms. The van der Waals surface area contributed by atoms with Crippen LogP contribution in [0.4, 0.5) is 0 Å². The van der Waals surface area contributed by atoms with Crippen molar-refractivity contribution in [2.75, 3.05) is 13.7 Å². The quantitative estimate of drug-likeness (QED) is 0.596. The number of hydrogen-bond donors (Lipinski definition) is 1. The zero-order chi connectivity index (χ0) is 22.9. The second kappa shape index (κ2) is 11.8. The van der Waals surface area contributed by atoms with Gasteiger partial charge in [-0.15, -0.1) is 0 Å². The first-order valence-electron chi connectivity index (χ1n) is 11.1. The minimum Gasteiger partial charge on any atom is -0.497 e. The summed E-state index contributed by atoms with van der Waals surface area (Å²) in [5.74, 6) is 0.783. The van der Waals surface area contributed by atoms with Gasteiger partial charge in [-0.1, -0.05) is 49.1 Å². The largest absolute Gasteiger partial charge is 0.497 e. The molecule has 0 aromatic heterocycles. The van der Waals surface area contributed by atoms with E-state index in [9.17, 15) is 9.59 Å². The normalized spacial score (nSPS) is 15.0. The average molecular weight is 459 g/mol. The van der Waals surface area contributed by atoms with Crippen molar-refractivity contribution in [2.45, 2.75) is 57.7 Å². The molecule has 2 aromatic carbocycles. The van der Waals surface area contributed by atoms with Gasteiger partial charge in [-0.25, -0.2) is 0 Å². The van der Waals surface area contributed by atoms with Gasteiger partial charge in [0, 0.05) is 17.6 Å². The predicted octanol–water partition coefficient (Wildman–Crippen LogP) is 4.59. The van der Waals surface area contributed by atoms with Gasteiger partial charge in [-0.3, -0.25) is 9.59 Å². The zero-order valence-corrected chi connectivity index (χ0v) is 19.4. The number of nitrogens with zero attached hydrogens (tertiary/aromatic N) is 1. The van der Waals surface area contributed by atoms with Gasteiger partial charge in [0.15, 0.2) is 6.61 Å². The molecular weight excluding hydrogens is 428 g/mol. The molecule has 0 radical (unpaired) electrons. The van der Waals surface area contributed by atoms with Crippen molar-refractivity contribution in [3.05, 3.63) is 59.1 Å². The molecular formula is C25H31ClN2O4. The average Bonchev–Trinajstić information content (AvgIpc) is 2.81. The highest BCUT2D eigenvalue weighted by molar-refractivity contribution is 6.30. The van der Waals surface area contributed by atoms with Gasteiger partial charge >= 0.3 is 0 Å². The van der Waals surface area contributed by atoms with E-state index in [2.05, 4.69) is 5.32 Å². The van der Waals surface area contributed by atoms with Gasteiger partial charge in [0.05, 0.1) is 7.11 Å². The minimum absolute atomic E-state index is 0.143. The van der Waals surface area contributed by atoms with Gasteiger partial charge in [-0.05, 0) is 55.7 Å². The van der Waals surface area contributed by atoms with E-state index >= 15 is 0 Å². The molecule has 2 aromatic rings. The number of halogens is 1. The lowest BCUT2D eigenvalue weighted by Crippen LogP contribution is -2.51. The first kappa shape index (κ1) is 23.9. The number of ether oxygens (including phenoxy) is 2. The summed E-state index contributed by atoms with van der Waals surface area (Å²) < 4.78 is 11.0. The summed E-state index contributed by atoms with van der Waals surface area (Å²) in [5.41, 5.74) is 0.873. The maximum atomic E-state index is 13.2. The van der Waals surface area contributed by atoms with E-state index < -0.39 is 6.04 Å². The molecule has 1 N–H and O–H groups in total. The summed E-state index contributed by atoms with van der Waals surface area (Å²) in [6, 6.07) is 13.9. The van der Waals surface area contributed by atoms with E-state index in [0.717, 1.165) is 31.2 Å². The van der Waals surface area contributed by atoms with Crippen LogP contribution in [0.3, 0.4) is 0 Å². The molecule has 1 saturated carbocycles. The van der Waals surface area contributed by atoms with Crippen molar-refractivity contribution in [2.24, 2.45) is 0 Å². The number of carbonyl (C=O) groups excluding carboxylic acids is 2. The van der Waals surface area contributed by atoms with E-state index in [4.69, 9.17) is 21.1 Å². The number of nitrogens with one attached hydrogen (secondary N) is 1. The lowest BCUT2D eigenvalue weighted by Gasteiger charge is -2.31. The van der Waals surface area contributed by atoms with Crippen LogP contribution in [0.1, 0.15) is 44.6 Å². The highest BCUT2D eigenvalue weighted by Crippen LogP contribution is 2.20. The molecule has 7 heteroatoms. The SMILES string of the molecule is COc1cccc(CN(C(=O)COc2cccc(Cl)c2)C(C)C(=O)NC2CCCCC2)c1. The highest BCUT2D eigenvalue weighted by Gasteiger charge is 2.28. The maximum Gasteiger partial charge on any atom is 0.261 e. The van der Waals surface area contributed by atoms with Crippen molar-refractivity contribution in [1.29, 1.82) is 0 Å². The fourth-order valence-corrected chi connectivity index (χ4v) is 4.08. The standard InChI is InChI=1S/C25H31ClN2O4/c1-18(25(30)27-21-10-4-3-5-11-21)28(16-19-8-6-12-22(14-19)31-2)24(29)17-32-23-13-7-9-20(26)15-23/h6-9,12-15,18,21H,3-5,10-11,16-17H2,1-2H3,(H,27,30). The third-order valence-electron chi connectivity index (χ3n) is 5.76. The van der Waals surface area contributed by atoms with E-state index in [1.165, 1.54) is 6.42 Å². The van der Waals surface area contributed by atoms with Crippen LogP contribution < -0.4 is 14.8 Å². The van der Waals surface area contributed by atoms with Crippen molar-refractivity contribution < 1.29 is 19.1 Å². The number of carbonyl (C=O) groups is 2. The lowest BCUT2D eigenvalue weighted by atomic mass is 9.95. The molecule has 172 valence electrons. The smallest absolute Gasteiger partial charge is 0.261 e. The monoisotopic (exact) mass is 458 g/mol. The molecule has 1 aliphatic carbocycles. The summed E-state index contributed by atoms with van der Waals surface area (Å²) in [5, 5.41) is 3.66. The third kappa shape index (κ3) is 6.89. The van der Waals surface area contributed by atoms with Crippen LogP contribution in [0.5, 0.6) is 11.5 Å².